The lowest BCUT2D eigenvalue weighted by molar-refractivity contribution is 0.0927. The van der Waals surface area contributed by atoms with E-state index < -0.39 is 21.6 Å². The number of nitrogens with one attached hydrogen (secondary N) is 1. The maximum absolute atomic E-state index is 14.3. The maximum atomic E-state index is 14.3. The van der Waals surface area contributed by atoms with Gasteiger partial charge in [-0.05, 0) is 37.1 Å². The van der Waals surface area contributed by atoms with Crippen LogP contribution in [0.5, 0.6) is 0 Å². The van der Waals surface area contributed by atoms with Crippen LogP contribution >= 0.6 is 11.8 Å². The Labute approximate surface area is 150 Å². The Balaban J connectivity index is 1.78. The SMILES string of the molecule is O=C(NC1CCS(=O)(=O)CC1)c1c(F)cccc1Sc1ccccc1. The molecule has 1 N–H and O–H groups in total. The number of sulfone groups is 1. The van der Waals surface area contributed by atoms with Crippen LogP contribution in [0.15, 0.2) is 58.3 Å². The Hall–Kier alpha value is -1.86. The third kappa shape index (κ3) is 4.61. The van der Waals surface area contributed by atoms with Gasteiger partial charge in [0, 0.05) is 15.8 Å². The van der Waals surface area contributed by atoms with Crippen LogP contribution in [-0.2, 0) is 9.84 Å². The molecular formula is C18H18FNO3S2. The van der Waals surface area contributed by atoms with Crippen LogP contribution in [0.1, 0.15) is 23.2 Å². The lowest BCUT2D eigenvalue weighted by atomic mass is 10.1. The first-order valence-corrected chi connectivity index (χ1v) is 10.6. The van der Waals surface area contributed by atoms with Crippen LogP contribution in [0.25, 0.3) is 0 Å². The van der Waals surface area contributed by atoms with Crippen molar-refractivity contribution >= 4 is 27.5 Å². The molecule has 0 radical (unpaired) electrons. The number of hydrogen-bond donors (Lipinski definition) is 1. The zero-order valence-electron chi connectivity index (χ0n) is 13.4. The van der Waals surface area contributed by atoms with E-state index in [0.717, 1.165) is 4.90 Å². The van der Waals surface area contributed by atoms with Crippen LogP contribution in [0.3, 0.4) is 0 Å². The van der Waals surface area contributed by atoms with Crippen molar-refractivity contribution in [3.05, 3.63) is 59.9 Å². The molecule has 2 aromatic rings. The molecule has 0 bridgehead atoms. The molecule has 0 atom stereocenters. The molecule has 3 rings (SSSR count). The van der Waals surface area contributed by atoms with E-state index in [-0.39, 0.29) is 23.1 Å². The van der Waals surface area contributed by atoms with Crippen molar-refractivity contribution in [1.82, 2.24) is 5.32 Å². The molecule has 1 amide bonds. The molecule has 1 heterocycles. The van der Waals surface area contributed by atoms with Gasteiger partial charge in [-0.2, -0.15) is 0 Å². The number of amides is 1. The number of rotatable bonds is 4. The van der Waals surface area contributed by atoms with Gasteiger partial charge in [-0.25, -0.2) is 12.8 Å². The summed E-state index contributed by atoms with van der Waals surface area (Å²) in [6, 6.07) is 13.7. The Bertz CT molecular complexity index is 855. The van der Waals surface area contributed by atoms with Gasteiger partial charge in [-0.15, -0.1) is 0 Å². The summed E-state index contributed by atoms with van der Waals surface area (Å²) in [6.07, 6.45) is 0.730. The zero-order valence-corrected chi connectivity index (χ0v) is 15.1. The van der Waals surface area contributed by atoms with Crippen molar-refractivity contribution < 1.29 is 17.6 Å². The molecule has 1 fully saturated rings. The third-order valence-electron chi connectivity index (χ3n) is 4.06. The largest absolute Gasteiger partial charge is 0.349 e. The van der Waals surface area contributed by atoms with E-state index in [2.05, 4.69) is 5.32 Å². The van der Waals surface area contributed by atoms with Crippen LogP contribution in [0, 0.1) is 5.82 Å². The minimum absolute atomic E-state index is 0.00443. The molecule has 4 nitrogen and oxygen atoms in total. The van der Waals surface area contributed by atoms with Crippen molar-refractivity contribution in [3.63, 3.8) is 0 Å². The standard InChI is InChI=1S/C18H18FNO3S2/c19-15-7-4-8-16(24-14-5-2-1-3-6-14)17(15)18(21)20-13-9-11-25(22,23)12-10-13/h1-8,13H,9-12H2,(H,20,21). The molecule has 7 heteroatoms. The average Bonchev–Trinajstić information content (AvgIpc) is 2.58. The van der Waals surface area contributed by atoms with Crippen LogP contribution in [0.2, 0.25) is 0 Å². The van der Waals surface area contributed by atoms with Crippen molar-refractivity contribution in [3.8, 4) is 0 Å². The summed E-state index contributed by atoms with van der Waals surface area (Å²) in [7, 11) is -3.00. The quantitative estimate of drug-likeness (QED) is 0.885. The highest BCUT2D eigenvalue weighted by molar-refractivity contribution is 7.99. The van der Waals surface area contributed by atoms with Crippen LogP contribution < -0.4 is 5.32 Å². The third-order valence-corrected chi connectivity index (χ3v) is 6.85. The van der Waals surface area contributed by atoms with Gasteiger partial charge in [0.15, 0.2) is 0 Å². The Morgan fingerprint density at radius 3 is 2.40 bits per heavy atom. The fourth-order valence-electron chi connectivity index (χ4n) is 2.72. The monoisotopic (exact) mass is 379 g/mol. The molecule has 2 aromatic carbocycles. The molecule has 1 aliphatic rings. The first kappa shape index (κ1) is 17.9. The first-order chi connectivity index (χ1) is 11.9. The number of carbonyl (C=O) groups is 1. The lowest BCUT2D eigenvalue weighted by Gasteiger charge is -2.23. The van der Waals surface area contributed by atoms with E-state index in [4.69, 9.17) is 0 Å². The molecule has 0 aromatic heterocycles. The zero-order chi connectivity index (χ0) is 17.9. The fourth-order valence-corrected chi connectivity index (χ4v) is 5.19. The number of halogens is 1. The van der Waals surface area contributed by atoms with E-state index in [1.807, 2.05) is 30.3 Å². The Morgan fingerprint density at radius 2 is 1.72 bits per heavy atom. The molecule has 25 heavy (non-hydrogen) atoms. The normalized spacial score (nSPS) is 17.2. The van der Waals surface area contributed by atoms with Crippen LogP contribution in [0.4, 0.5) is 4.39 Å². The summed E-state index contributed by atoms with van der Waals surface area (Å²) in [5.74, 6) is -0.968. The van der Waals surface area contributed by atoms with Crippen LogP contribution in [-0.4, -0.2) is 31.9 Å². The Kier molecular flexibility index (Phi) is 5.44. The predicted octanol–water partition coefficient (Wildman–Crippen LogP) is 3.28. The summed E-state index contributed by atoms with van der Waals surface area (Å²) in [6.45, 7) is 0. The molecule has 1 saturated heterocycles. The molecule has 0 aliphatic carbocycles. The smallest absolute Gasteiger partial charge is 0.255 e. The highest BCUT2D eigenvalue weighted by Gasteiger charge is 2.26. The number of carbonyl (C=O) groups excluding carboxylic acids is 1. The Morgan fingerprint density at radius 1 is 1.04 bits per heavy atom. The van der Waals surface area contributed by atoms with Gasteiger partial charge in [-0.1, -0.05) is 36.0 Å². The summed E-state index contributed by atoms with van der Waals surface area (Å²) >= 11 is 1.32. The van der Waals surface area contributed by atoms with Crippen molar-refractivity contribution in [2.45, 2.75) is 28.7 Å². The maximum Gasteiger partial charge on any atom is 0.255 e. The lowest BCUT2D eigenvalue weighted by Crippen LogP contribution is -2.41. The van der Waals surface area contributed by atoms with Gasteiger partial charge in [0.25, 0.3) is 5.91 Å². The second-order valence-corrected chi connectivity index (χ2v) is 9.35. The minimum Gasteiger partial charge on any atom is -0.349 e. The molecule has 0 saturated carbocycles. The van der Waals surface area contributed by atoms with Gasteiger partial charge in [0.1, 0.15) is 15.7 Å². The van der Waals surface area contributed by atoms with E-state index in [0.29, 0.717) is 17.7 Å². The summed E-state index contributed by atoms with van der Waals surface area (Å²) < 4.78 is 37.3. The molecule has 1 aliphatic heterocycles. The summed E-state index contributed by atoms with van der Waals surface area (Å²) in [5, 5.41) is 2.78. The van der Waals surface area contributed by atoms with Gasteiger partial charge < -0.3 is 5.32 Å². The van der Waals surface area contributed by atoms with E-state index in [1.165, 1.54) is 17.8 Å². The number of hydrogen-bond acceptors (Lipinski definition) is 4. The fraction of sp³-hybridized carbons (Fsp3) is 0.278. The van der Waals surface area contributed by atoms with Gasteiger partial charge >= 0.3 is 0 Å². The highest BCUT2D eigenvalue weighted by Crippen LogP contribution is 2.31. The van der Waals surface area contributed by atoms with E-state index in [1.54, 1.807) is 12.1 Å². The summed E-state index contributed by atoms with van der Waals surface area (Å²) in [4.78, 5) is 14.0. The van der Waals surface area contributed by atoms with Gasteiger partial charge in [0.2, 0.25) is 0 Å². The van der Waals surface area contributed by atoms with E-state index >= 15 is 0 Å². The predicted molar refractivity (Wildman–Crippen MR) is 96.1 cm³/mol. The second-order valence-electron chi connectivity index (χ2n) is 5.93. The van der Waals surface area contributed by atoms with E-state index in [9.17, 15) is 17.6 Å². The van der Waals surface area contributed by atoms with Crippen molar-refractivity contribution in [2.24, 2.45) is 0 Å². The topological polar surface area (TPSA) is 63.2 Å². The van der Waals surface area contributed by atoms with Gasteiger partial charge in [0.05, 0.1) is 17.1 Å². The summed E-state index contributed by atoms with van der Waals surface area (Å²) in [5.41, 5.74) is 0.00443. The molecular weight excluding hydrogens is 361 g/mol. The second kappa shape index (κ2) is 7.58. The average molecular weight is 379 g/mol. The molecule has 132 valence electrons. The first-order valence-electron chi connectivity index (χ1n) is 7.97. The molecule has 0 spiro atoms. The minimum atomic E-state index is -3.00. The van der Waals surface area contributed by atoms with Gasteiger partial charge in [-0.3, -0.25) is 4.79 Å². The molecule has 0 unspecified atom stereocenters. The van der Waals surface area contributed by atoms with Crippen molar-refractivity contribution in [1.29, 1.82) is 0 Å². The number of benzene rings is 2. The highest BCUT2D eigenvalue weighted by atomic mass is 32.2. The van der Waals surface area contributed by atoms with Crippen molar-refractivity contribution in [2.75, 3.05) is 11.5 Å².